The maximum absolute atomic E-state index is 6.00. The molecule has 0 unspecified atom stereocenters. The minimum atomic E-state index is 0.728. The lowest BCUT2D eigenvalue weighted by Crippen LogP contribution is -2.04. The van der Waals surface area contributed by atoms with E-state index in [1.807, 2.05) is 12.1 Å². The van der Waals surface area contributed by atoms with Crippen LogP contribution < -0.4 is 4.74 Å². The van der Waals surface area contributed by atoms with Gasteiger partial charge in [-0.3, -0.25) is 0 Å². The van der Waals surface area contributed by atoms with E-state index >= 15 is 0 Å². The molecule has 0 N–H and O–H groups in total. The van der Waals surface area contributed by atoms with Crippen LogP contribution in [0.25, 0.3) is 23.2 Å². The summed E-state index contributed by atoms with van der Waals surface area (Å²) in [6.07, 6.45) is 6.28. The highest BCUT2D eigenvalue weighted by molar-refractivity contribution is 5.79. The lowest BCUT2D eigenvalue weighted by molar-refractivity contribution is 0.301. The molecule has 0 saturated heterocycles. The normalized spacial score (nSPS) is 11.4. The van der Waals surface area contributed by atoms with Crippen molar-refractivity contribution in [2.45, 2.75) is 33.2 Å². The Morgan fingerprint density at radius 1 is 0.867 bits per heavy atom. The summed E-state index contributed by atoms with van der Waals surface area (Å²) >= 11 is 0. The minimum absolute atomic E-state index is 0.728. The Morgan fingerprint density at radius 3 is 2.50 bits per heavy atom. The Kier molecular flexibility index (Phi) is 6.29. The second kappa shape index (κ2) is 9.45. The summed E-state index contributed by atoms with van der Waals surface area (Å²) in [7, 11) is 0. The van der Waals surface area contributed by atoms with Gasteiger partial charge in [0.2, 0.25) is 0 Å². The van der Waals surface area contributed by atoms with Crippen LogP contribution in [0.2, 0.25) is 0 Å². The first-order valence-electron chi connectivity index (χ1n) is 10.6. The fourth-order valence-corrected chi connectivity index (χ4v) is 3.71. The average molecular weight is 397 g/mol. The van der Waals surface area contributed by atoms with Crippen molar-refractivity contribution in [3.05, 3.63) is 95.3 Å². The van der Waals surface area contributed by atoms with Gasteiger partial charge in [-0.1, -0.05) is 66.2 Å². The third kappa shape index (κ3) is 4.80. The standard InChI is InChI=1S/C27H28N2O/c1-21-14-16-26(22(2)20-21)30-19-9-8-18-29-25-13-7-6-12-24(25)28-27(29)17-15-23-10-4-3-5-11-23/h3-7,10-17,20H,8-9,18-19H2,1-2H3/b17-15+. The van der Waals surface area contributed by atoms with E-state index in [4.69, 9.17) is 9.72 Å². The fraction of sp³-hybridized carbons (Fsp3) is 0.222. The zero-order valence-electron chi connectivity index (χ0n) is 17.7. The van der Waals surface area contributed by atoms with Crippen LogP contribution >= 0.6 is 0 Å². The molecule has 4 rings (SSSR count). The first kappa shape index (κ1) is 20.0. The van der Waals surface area contributed by atoms with Gasteiger partial charge in [-0.2, -0.15) is 0 Å². The highest BCUT2D eigenvalue weighted by Crippen LogP contribution is 2.21. The van der Waals surface area contributed by atoms with Crippen molar-refractivity contribution in [2.75, 3.05) is 6.61 Å². The number of benzene rings is 3. The van der Waals surface area contributed by atoms with Crippen molar-refractivity contribution in [1.82, 2.24) is 9.55 Å². The van der Waals surface area contributed by atoms with E-state index in [1.54, 1.807) is 0 Å². The fourth-order valence-electron chi connectivity index (χ4n) is 3.71. The number of aryl methyl sites for hydroxylation is 3. The summed E-state index contributed by atoms with van der Waals surface area (Å²) in [5.41, 5.74) is 5.86. The SMILES string of the molecule is Cc1ccc(OCCCCn2c(/C=C/c3ccccc3)nc3ccccc32)c(C)c1. The summed E-state index contributed by atoms with van der Waals surface area (Å²) in [5.74, 6) is 1.98. The first-order valence-corrected chi connectivity index (χ1v) is 10.6. The Bertz CT molecular complexity index is 1140. The van der Waals surface area contributed by atoms with E-state index in [9.17, 15) is 0 Å². The van der Waals surface area contributed by atoms with Gasteiger partial charge in [0.1, 0.15) is 11.6 Å². The van der Waals surface area contributed by atoms with E-state index in [0.717, 1.165) is 43.1 Å². The third-order valence-corrected chi connectivity index (χ3v) is 5.27. The van der Waals surface area contributed by atoms with E-state index in [0.29, 0.717) is 0 Å². The first-order chi connectivity index (χ1) is 14.7. The largest absolute Gasteiger partial charge is 0.493 e. The smallest absolute Gasteiger partial charge is 0.133 e. The van der Waals surface area contributed by atoms with Gasteiger partial charge in [0.05, 0.1) is 17.6 Å². The van der Waals surface area contributed by atoms with Crippen molar-refractivity contribution >= 4 is 23.2 Å². The van der Waals surface area contributed by atoms with Crippen molar-refractivity contribution in [3.63, 3.8) is 0 Å². The molecule has 3 aromatic carbocycles. The van der Waals surface area contributed by atoms with Crippen molar-refractivity contribution < 1.29 is 4.74 Å². The number of nitrogens with zero attached hydrogens (tertiary/aromatic N) is 2. The number of hydrogen-bond acceptors (Lipinski definition) is 2. The van der Waals surface area contributed by atoms with E-state index < -0.39 is 0 Å². The minimum Gasteiger partial charge on any atom is -0.493 e. The van der Waals surface area contributed by atoms with Gasteiger partial charge in [0, 0.05) is 6.54 Å². The summed E-state index contributed by atoms with van der Waals surface area (Å²) in [6.45, 7) is 5.86. The molecule has 30 heavy (non-hydrogen) atoms. The molecule has 152 valence electrons. The molecular formula is C27H28N2O. The molecule has 0 amide bonds. The van der Waals surface area contributed by atoms with Crippen LogP contribution in [-0.4, -0.2) is 16.2 Å². The molecule has 0 atom stereocenters. The highest BCUT2D eigenvalue weighted by atomic mass is 16.5. The summed E-state index contributed by atoms with van der Waals surface area (Å²) < 4.78 is 8.31. The zero-order chi connectivity index (χ0) is 20.8. The molecule has 0 saturated carbocycles. The van der Waals surface area contributed by atoms with Crippen molar-refractivity contribution in [3.8, 4) is 5.75 Å². The van der Waals surface area contributed by atoms with Crippen LogP contribution in [0.4, 0.5) is 0 Å². The van der Waals surface area contributed by atoms with Gasteiger partial charge < -0.3 is 9.30 Å². The zero-order valence-corrected chi connectivity index (χ0v) is 17.7. The molecule has 0 bridgehead atoms. The predicted octanol–water partition coefficient (Wildman–Crippen LogP) is 6.68. The van der Waals surface area contributed by atoms with E-state index in [-0.39, 0.29) is 0 Å². The number of hydrogen-bond donors (Lipinski definition) is 0. The maximum atomic E-state index is 6.00. The number of fused-ring (bicyclic) bond motifs is 1. The third-order valence-electron chi connectivity index (χ3n) is 5.27. The Hall–Kier alpha value is -3.33. The predicted molar refractivity (Wildman–Crippen MR) is 126 cm³/mol. The Balaban J connectivity index is 1.42. The molecule has 3 heteroatoms. The van der Waals surface area contributed by atoms with Gasteiger partial charge in [-0.05, 0) is 62.1 Å². The second-order valence-electron chi connectivity index (χ2n) is 7.68. The van der Waals surface area contributed by atoms with E-state index in [1.165, 1.54) is 22.2 Å². The van der Waals surface area contributed by atoms with Crippen molar-refractivity contribution in [2.24, 2.45) is 0 Å². The molecule has 0 fully saturated rings. The van der Waals surface area contributed by atoms with Gasteiger partial charge >= 0.3 is 0 Å². The molecule has 0 aliphatic heterocycles. The molecule has 0 aliphatic rings. The van der Waals surface area contributed by atoms with Gasteiger partial charge in [-0.15, -0.1) is 0 Å². The number of unbranched alkanes of at least 4 members (excludes halogenated alkanes) is 1. The Labute approximate surface area is 178 Å². The van der Waals surface area contributed by atoms with Gasteiger partial charge in [0.25, 0.3) is 0 Å². The second-order valence-corrected chi connectivity index (χ2v) is 7.68. The lowest BCUT2D eigenvalue weighted by Gasteiger charge is -2.11. The van der Waals surface area contributed by atoms with Crippen molar-refractivity contribution in [1.29, 1.82) is 0 Å². The summed E-state index contributed by atoms with van der Waals surface area (Å²) in [4.78, 5) is 4.84. The Morgan fingerprint density at radius 2 is 1.67 bits per heavy atom. The number of para-hydroxylation sites is 2. The monoisotopic (exact) mass is 396 g/mol. The van der Waals surface area contributed by atoms with Gasteiger partial charge in [-0.25, -0.2) is 4.98 Å². The number of rotatable bonds is 8. The quantitative estimate of drug-likeness (QED) is 0.311. The molecule has 0 radical (unpaired) electrons. The summed E-state index contributed by atoms with van der Waals surface area (Å²) in [6, 6.07) is 25.0. The van der Waals surface area contributed by atoms with Crippen LogP contribution in [-0.2, 0) is 6.54 Å². The molecule has 0 aliphatic carbocycles. The molecule has 3 nitrogen and oxygen atoms in total. The van der Waals surface area contributed by atoms with Gasteiger partial charge in [0.15, 0.2) is 0 Å². The molecule has 1 heterocycles. The number of ether oxygens (including phenoxy) is 1. The molecule has 1 aromatic heterocycles. The lowest BCUT2D eigenvalue weighted by atomic mass is 10.1. The summed E-state index contributed by atoms with van der Waals surface area (Å²) in [5, 5.41) is 0. The van der Waals surface area contributed by atoms with Crippen LogP contribution in [0, 0.1) is 13.8 Å². The molecule has 4 aromatic rings. The van der Waals surface area contributed by atoms with E-state index in [2.05, 4.69) is 91.2 Å². The van der Waals surface area contributed by atoms with Crippen LogP contribution in [0.3, 0.4) is 0 Å². The number of imidazole rings is 1. The maximum Gasteiger partial charge on any atom is 0.133 e. The topological polar surface area (TPSA) is 27.1 Å². The van der Waals surface area contributed by atoms with Crippen LogP contribution in [0.5, 0.6) is 5.75 Å². The average Bonchev–Trinajstić information content (AvgIpc) is 3.12. The molecular weight excluding hydrogens is 368 g/mol. The van der Waals surface area contributed by atoms with Crippen LogP contribution in [0.15, 0.2) is 72.8 Å². The highest BCUT2D eigenvalue weighted by Gasteiger charge is 2.08. The molecule has 0 spiro atoms. The van der Waals surface area contributed by atoms with Crippen LogP contribution in [0.1, 0.15) is 35.4 Å². The number of aromatic nitrogens is 2.